The molecule has 1 nitrogen and oxygen atoms in total. The number of hydrogen-bond acceptors (Lipinski definition) is 1. The molecular formula is C17H20O. The van der Waals surface area contributed by atoms with Crippen LogP contribution in [0.3, 0.4) is 0 Å². The van der Waals surface area contributed by atoms with E-state index in [1.54, 1.807) is 7.11 Å². The molecule has 2 aromatic carbocycles. The summed E-state index contributed by atoms with van der Waals surface area (Å²) in [7, 11) is 1.75. The lowest BCUT2D eigenvalue weighted by molar-refractivity contribution is 0.409. The van der Waals surface area contributed by atoms with E-state index in [0.29, 0.717) is 0 Å². The number of benzene rings is 2. The normalized spacial score (nSPS) is 10.4. The van der Waals surface area contributed by atoms with Gasteiger partial charge in [-0.15, -0.1) is 0 Å². The number of ether oxygens (including phenoxy) is 1. The third-order valence-electron chi connectivity index (χ3n) is 3.42. The third kappa shape index (κ3) is 2.92. The molecule has 0 heterocycles. The molecule has 0 aliphatic heterocycles. The van der Waals surface area contributed by atoms with Crippen LogP contribution in [-0.2, 0) is 12.8 Å². The minimum absolute atomic E-state index is 1.01. The van der Waals surface area contributed by atoms with Crippen LogP contribution in [0.25, 0.3) is 0 Å². The van der Waals surface area contributed by atoms with Gasteiger partial charge < -0.3 is 4.74 Å². The summed E-state index contributed by atoms with van der Waals surface area (Å²) in [5.41, 5.74) is 5.29. The molecule has 1 heteroatoms. The summed E-state index contributed by atoms with van der Waals surface area (Å²) in [6.45, 7) is 4.28. The predicted octanol–water partition coefficient (Wildman–Crippen LogP) is 4.10. The molecule has 0 aliphatic carbocycles. The Balaban J connectivity index is 2.16. The first-order valence-electron chi connectivity index (χ1n) is 6.38. The smallest absolute Gasteiger partial charge is 0.122 e. The Morgan fingerprint density at radius 2 is 1.56 bits per heavy atom. The molecule has 0 unspecified atom stereocenters. The van der Waals surface area contributed by atoms with E-state index in [-0.39, 0.29) is 0 Å². The van der Waals surface area contributed by atoms with Crippen molar-refractivity contribution in [1.29, 1.82) is 0 Å². The van der Waals surface area contributed by atoms with Gasteiger partial charge in [-0.05, 0) is 55.0 Å². The molecule has 94 valence electrons. The minimum atomic E-state index is 1.01. The summed E-state index contributed by atoms with van der Waals surface area (Å²) in [6, 6.07) is 15.0. The summed E-state index contributed by atoms with van der Waals surface area (Å²) < 4.78 is 5.47. The number of aryl methyl sites for hydroxylation is 4. The molecule has 0 N–H and O–H groups in total. The summed E-state index contributed by atoms with van der Waals surface area (Å²) in [5, 5.41) is 0. The molecule has 18 heavy (non-hydrogen) atoms. The largest absolute Gasteiger partial charge is 0.496 e. The van der Waals surface area contributed by atoms with Crippen LogP contribution >= 0.6 is 0 Å². The molecule has 0 saturated carbocycles. The number of rotatable bonds is 4. The van der Waals surface area contributed by atoms with Gasteiger partial charge in [-0.25, -0.2) is 0 Å². The van der Waals surface area contributed by atoms with Gasteiger partial charge in [-0.3, -0.25) is 0 Å². The first-order chi connectivity index (χ1) is 8.70. The zero-order chi connectivity index (χ0) is 13.0. The van der Waals surface area contributed by atoms with Crippen molar-refractivity contribution in [3.63, 3.8) is 0 Å². The summed E-state index contributed by atoms with van der Waals surface area (Å²) in [5.74, 6) is 1.01. The van der Waals surface area contributed by atoms with Crippen molar-refractivity contribution in [2.75, 3.05) is 7.11 Å². The Hall–Kier alpha value is -1.76. The van der Waals surface area contributed by atoms with Gasteiger partial charge >= 0.3 is 0 Å². The van der Waals surface area contributed by atoms with Crippen LogP contribution in [0.2, 0.25) is 0 Å². The van der Waals surface area contributed by atoms with Crippen molar-refractivity contribution in [3.05, 3.63) is 64.7 Å². The van der Waals surface area contributed by atoms with Gasteiger partial charge in [0.1, 0.15) is 5.75 Å². The van der Waals surface area contributed by atoms with E-state index in [2.05, 4.69) is 56.3 Å². The Bertz CT molecular complexity index is 515. The van der Waals surface area contributed by atoms with E-state index in [4.69, 9.17) is 4.74 Å². The Morgan fingerprint density at radius 3 is 2.22 bits per heavy atom. The van der Waals surface area contributed by atoms with E-state index in [1.807, 2.05) is 0 Å². The van der Waals surface area contributed by atoms with Crippen LogP contribution in [0.4, 0.5) is 0 Å². The van der Waals surface area contributed by atoms with Crippen LogP contribution < -0.4 is 4.74 Å². The van der Waals surface area contributed by atoms with E-state index in [9.17, 15) is 0 Å². The zero-order valence-corrected chi connectivity index (χ0v) is 11.4. The van der Waals surface area contributed by atoms with Crippen LogP contribution in [0.1, 0.15) is 22.3 Å². The Morgan fingerprint density at radius 1 is 0.889 bits per heavy atom. The summed E-state index contributed by atoms with van der Waals surface area (Å²) in [4.78, 5) is 0. The van der Waals surface area contributed by atoms with Gasteiger partial charge in [0.05, 0.1) is 7.11 Å². The molecular weight excluding hydrogens is 220 g/mol. The molecule has 0 spiro atoms. The van der Waals surface area contributed by atoms with Gasteiger partial charge in [0.15, 0.2) is 0 Å². The standard InChI is InChI=1S/C17H20O/c1-13-11-16(17(18-3)12-14(13)2)10-9-15-7-5-4-6-8-15/h4-8,11-12H,9-10H2,1-3H3. The van der Waals surface area contributed by atoms with E-state index >= 15 is 0 Å². The quantitative estimate of drug-likeness (QED) is 0.782. The van der Waals surface area contributed by atoms with Gasteiger partial charge in [0, 0.05) is 0 Å². The van der Waals surface area contributed by atoms with Crippen molar-refractivity contribution in [3.8, 4) is 5.75 Å². The molecule has 0 atom stereocenters. The second kappa shape index (κ2) is 5.72. The molecule has 0 aromatic heterocycles. The van der Waals surface area contributed by atoms with Gasteiger partial charge in [-0.2, -0.15) is 0 Å². The van der Waals surface area contributed by atoms with Crippen LogP contribution in [0.5, 0.6) is 5.75 Å². The SMILES string of the molecule is COc1cc(C)c(C)cc1CCc1ccccc1. The lowest BCUT2D eigenvalue weighted by Gasteiger charge is -2.11. The fourth-order valence-electron chi connectivity index (χ4n) is 2.16. The van der Waals surface area contributed by atoms with Crippen LogP contribution in [0.15, 0.2) is 42.5 Å². The van der Waals surface area contributed by atoms with Crippen LogP contribution in [0, 0.1) is 13.8 Å². The van der Waals surface area contributed by atoms with Crippen molar-refractivity contribution >= 4 is 0 Å². The topological polar surface area (TPSA) is 9.23 Å². The number of methoxy groups -OCH3 is 1. The molecule has 2 aromatic rings. The highest BCUT2D eigenvalue weighted by atomic mass is 16.5. The van der Waals surface area contributed by atoms with Crippen molar-refractivity contribution in [2.24, 2.45) is 0 Å². The Labute approximate surface area is 109 Å². The first kappa shape index (κ1) is 12.7. The van der Waals surface area contributed by atoms with Crippen molar-refractivity contribution in [2.45, 2.75) is 26.7 Å². The first-order valence-corrected chi connectivity index (χ1v) is 6.38. The third-order valence-corrected chi connectivity index (χ3v) is 3.42. The molecule has 0 radical (unpaired) electrons. The van der Waals surface area contributed by atoms with E-state index < -0.39 is 0 Å². The average molecular weight is 240 g/mol. The fraction of sp³-hybridized carbons (Fsp3) is 0.294. The monoisotopic (exact) mass is 240 g/mol. The maximum atomic E-state index is 5.47. The Kier molecular flexibility index (Phi) is 4.03. The molecule has 2 rings (SSSR count). The zero-order valence-electron chi connectivity index (χ0n) is 11.4. The molecule has 0 bridgehead atoms. The lowest BCUT2D eigenvalue weighted by Crippen LogP contribution is -1.97. The summed E-state index contributed by atoms with van der Waals surface area (Å²) in [6.07, 6.45) is 2.08. The highest BCUT2D eigenvalue weighted by Gasteiger charge is 2.06. The molecule has 0 amide bonds. The van der Waals surface area contributed by atoms with E-state index in [0.717, 1.165) is 18.6 Å². The predicted molar refractivity (Wildman–Crippen MR) is 76.3 cm³/mol. The van der Waals surface area contributed by atoms with E-state index in [1.165, 1.54) is 22.3 Å². The average Bonchev–Trinajstić information content (AvgIpc) is 2.41. The van der Waals surface area contributed by atoms with Gasteiger partial charge in [0.2, 0.25) is 0 Å². The summed E-state index contributed by atoms with van der Waals surface area (Å²) >= 11 is 0. The second-order valence-electron chi connectivity index (χ2n) is 4.73. The molecule has 0 saturated heterocycles. The lowest BCUT2D eigenvalue weighted by atomic mass is 9.99. The molecule has 0 fully saturated rings. The maximum Gasteiger partial charge on any atom is 0.122 e. The fourth-order valence-corrected chi connectivity index (χ4v) is 2.16. The molecule has 0 aliphatic rings. The van der Waals surface area contributed by atoms with Crippen molar-refractivity contribution < 1.29 is 4.74 Å². The second-order valence-corrected chi connectivity index (χ2v) is 4.73. The highest BCUT2D eigenvalue weighted by molar-refractivity contribution is 5.42. The van der Waals surface area contributed by atoms with Crippen molar-refractivity contribution in [1.82, 2.24) is 0 Å². The maximum absolute atomic E-state index is 5.47. The van der Waals surface area contributed by atoms with Gasteiger partial charge in [0.25, 0.3) is 0 Å². The van der Waals surface area contributed by atoms with Crippen LogP contribution in [-0.4, -0.2) is 7.11 Å². The highest BCUT2D eigenvalue weighted by Crippen LogP contribution is 2.24. The van der Waals surface area contributed by atoms with Gasteiger partial charge in [-0.1, -0.05) is 36.4 Å². The number of hydrogen-bond donors (Lipinski definition) is 0. The minimum Gasteiger partial charge on any atom is -0.496 e.